The van der Waals surface area contributed by atoms with Crippen LogP contribution in [0.25, 0.3) is 5.69 Å². The van der Waals surface area contributed by atoms with Crippen LogP contribution in [0, 0.1) is 12.7 Å². The smallest absolute Gasteiger partial charge is 0.335 e. The number of nitrogens with zero attached hydrogens (tertiary/aromatic N) is 5. The quantitative estimate of drug-likeness (QED) is 0.552. The summed E-state index contributed by atoms with van der Waals surface area (Å²) in [5.41, 5.74) is 1.70. The van der Waals surface area contributed by atoms with E-state index < -0.39 is 5.69 Å². The van der Waals surface area contributed by atoms with Gasteiger partial charge in [0.05, 0.1) is 30.8 Å². The van der Waals surface area contributed by atoms with Crippen LogP contribution in [0.4, 0.5) is 4.39 Å². The van der Waals surface area contributed by atoms with Gasteiger partial charge in [0.1, 0.15) is 11.6 Å². The summed E-state index contributed by atoms with van der Waals surface area (Å²) >= 11 is 0. The van der Waals surface area contributed by atoms with E-state index in [4.69, 9.17) is 4.52 Å². The van der Waals surface area contributed by atoms with E-state index in [1.807, 2.05) is 6.92 Å². The summed E-state index contributed by atoms with van der Waals surface area (Å²) in [6.45, 7) is 2.56. The fourth-order valence-corrected chi connectivity index (χ4v) is 3.02. The average molecular weight is 383 g/mol. The van der Waals surface area contributed by atoms with Gasteiger partial charge in [0, 0.05) is 18.3 Å². The van der Waals surface area contributed by atoms with Gasteiger partial charge in [-0.3, -0.25) is 9.25 Å². The number of hydrogen-bond acceptors (Lipinski definition) is 5. The highest BCUT2D eigenvalue weighted by molar-refractivity contribution is 5.31. The molecule has 4 aromatic rings. The lowest BCUT2D eigenvalue weighted by molar-refractivity contribution is 0.395. The van der Waals surface area contributed by atoms with E-state index >= 15 is 0 Å². The second-order valence-corrected chi connectivity index (χ2v) is 6.48. The van der Waals surface area contributed by atoms with Crippen LogP contribution in [-0.4, -0.2) is 29.2 Å². The monoisotopic (exact) mass is 383 g/mol. The Bertz CT molecular complexity index is 1170. The van der Waals surface area contributed by atoms with Crippen LogP contribution in [0.5, 0.6) is 5.88 Å². The molecule has 0 saturated heterocycles. The third-order valence-electron chi connectivity index (χ3n) is 4.53. The molecule has 0 aliphatic heterocycles. The number of aryl methyl sites for hydroxylation is 3. The lowest BCUT2D eigenvalue weighted by Crippen LogP contribution is -2.23. The largest absolute Gasteiger partial charge is 0.493 e. The molecule has 0 unspecified atom stereocenters. The predicted octanol–water partition coefficient (Wildman–Crippen LogP) is 2.27. The van der Waals surface area contributed by atoms with Gasteiger partial charge >= 0.3 is 5.69 Å². The topological polar surface area (TPSA) is 91.0 Å². The van der Waals surface area contributed by atoms with E-state index in [9.17, 15) is 14.3 Å². The molecule has 8 nitrogen and oxygen atoms in total. The lowest BCUT2D eigenvalue weighted by Gasteiger charge is -2.02. The molecular weight excluding hydrogens is 365 g/mol. The second kappa shape index (κ2) is 7.18. The Morgan fingerprint density at radius 1 is 1.25 bits per heavy atom. The zero-order valence-electron chi connectivity index (χ0n) is 15.1. The molecule has 144 valence electrons. The van der Waals surface area contributed by atoms with Gasteiger partial charge in [-0.25, -0.2) is 13.8 Å². The van der Waals surface area contributed by atoms with Gasteiger partial charge in [-0.2, -0.15) is 5.10 Å². The zero-order chi connectivity index (χ0) is 19.7. The fraction of sp³-hybridized carbons (Fsp3) is 0.211. The fourth-order valence-electron chi connectivity index (χ4n) is 3.02. The molecular formula is C19H18FN5O3. The van der Waals surface area contributed by atoms with Crippen LogP contribution >= 0.6 is 0 Å². The second-order valence-electron chi connectivity index (χ2n) is 6.48. The summed E-state index contributed by atoms with van der Waals surface area (Å²) in [5.74, 6) is 0.186. The zero-order valence-corrected chi connectivity index (χ0v) is 15.1. The van der Waals surface area contributed by atoms with Gasteiger partial charge in [0.25, 0.3) is 0 Å². The highest BCUT2D eigenvalue weighted by Gasteiger charge is 2.14. The average Bonchev–Trinajstić information content (AvgIpc) is 3.35. The van der Waals surface area contributed by atoms with E-state index in [0.717, 1.165) is 11.1 Å². The first kappa shape index (κ1) is 17.8. The first-order valence-corrected chi connectivity index (χ1v) is 8.70. The Hall–Kier alpha value is -3.62. The number of aromatic nitrogens is 5. The number of rotatable bonds is 6. The van der Waals surface area contributed by atoms with Crippen LogP contribution in [-0.2, 0) is 19.5 Å². The molecule has 0 aliphatic carbocycles. The molecule has 0 atom stereocenters. The normalized spacial score (nSPS) is 11.2. The van der Waals surface area contributed by atoms with E-state index in [1.54, 1.807) is 29.2 Å². The third kappa shape index (κ3) is 3.46. The van der Waals surface area contributed by atoms with Crippen molar-refractivity contribution < 1.29 is 14.0 Å². The minimum atomic E-state index is -0.394. The molecule has 0 bridgehead atoms. The predicted molar refractivity (Wildman–Crippen MR) is 97.9 cm³/mol. The molecule has 0 radical (unpaired) electrons. The number of hydrogen-bond donors (Lipinski definition) is 1. The molecule has 0 saturated carbocycles. The van der Waals surface area contributed by atoms with Crippen molar-refractivity contribution in [2.45, 2.75) is 26.4 Å². The number of benzene rings is 1. The molecule has 3 heterocycles. The number of aromatic hydroxyl groups is 1. The molecule has 0 amide bonds. The maximum absolute atomic E-state index is 13.3. The van der Waals surface area contributed by atoms with Crippen LogP contribution in [0.15, 0.2) is 58.4 Å². The first-order chi connectivity index (χ1) is 13.5. The molecule has 28 heavy (non-hydrogen) atoms. The van der Waals surface area contributed by atoms with Gasteiger partial charge in [-0.1, -0.05) is 17.3 Å². The third-order valence-corrected chi connectivity index (χ3v) is 4.53. The lowest BCUT2D eigenvalue weighted by atomic mass is 10.1. The molecule has 1 N–H and O–H groups in total. The summed E-state index contributed by atoms with van der Waals surface area (Å²) in [7, 11) is 0. The van der Waals surface area contributed by atoms with Gasteiger partial charge < -0.3 is 9.63 Å². The highest BCUT2D eigenvalue weighted by atomic mass is 19.1. The maximum Gasteiger partial charge on any atom is 0.335 e. The van der Waals surface area contributed by atoms with Crippen molar-refractivity contribution in [3.8, 4) is 11.6 Å². The number of imidazole rings is 1. The minimum absolute atomic E-state index is 0.190. The van der Waals surface area contributed by atoms with Crippen LogP contribution in [0.3, 0.4) is 0 Å². The molecule has 0 fully saturated rings. The standard InChI is InChI=1S/C19H18FN5O3/c1-13-15(8-22-28-13)10-24-11-17(9-21-24)25-18(26)12-23(19(25)27)6-5-14-3-2-4-16(20)7-14/h2-4,7-9,11-12,26H,5-6,10H2,1H3. The maximum atomic E-state index is 13.3. The molecule has 1 aromatic carbocycles. The van der Waals surface area contributed by atoms with Gasteiger partial charge in [0.15, 0.2) is 0 Å². The Balaban J connectivity index is 1.54. The SMILES string of the molecule is Cc1oncc1Cn1cc(-n2c(O)cn(CCc3cccc(F)c3)c2=O)cn1. The van der Waals surface area contributed by atoms with Gasteiger partial charge in [-0.05, 0) is 31.0 Å². The van der Waals surface area contributed by atoms with E-state index in [1.165, 1.54) is 33.7 Å². The van der Waals surface area contributed by atoms with E-state index in [-0.39, 0.29) is 11.7 Å². The summed E-state index contributed by atoms with van der Waals surface area (Å²) in [5, 5.41) is 18.2. The summed E-state index contributed by atoms with van der Waals surface area (Å²) in [6, 6.07) is 6.22. The van der Waals surface area contributed by atoms with E-state index in [0.29, 0.717) is 31.0 Å². The molecule has 0 spiro atoms. The Labute approximate surface area is 159 Å². The van der Waals surface area contributed by atoms with Crippen molar-refractivity contribution in [2.75, 3.05) is 0 Å². The summed E-state index contributed by atoms with van der Waals surface area (Å²) < 4.78 is 22.5. The van der Waals surface area contributed by atoms with Crippen LogP contribution in [0.1, 0.15) is 16.9 Å². The Morgan fingerprint density at radius 3 is 2.86 bits per heavy atom. The van der Waals surface area contributed by atoms with Crippen molar-refractivity contribution >= 4 is 0 Å². The van der Waals surface area contributed by atoms with Crippen molar-refractivity contribution in [3.05, 3.63) is 82.2 Å². The Kier molecular flexibility index (Phi) is 4.56. The van der Waals surface area contributed by atoms with Gasteiger partial charge in [0.2, 0.25) is 5.88 Å². The van der Waals surface area contributed by atoms with Crippen LogP contribution in [0.2, 0.25) is 0 Å². The van der Waals surface area contributed by atoms with Gasteiger partial charge in [-0.15, -0.1) is 0 Å². The first-order valence-electron chi connectivity index (χ1n) is 8.70. The van der Waals surface area contributed by atoms with Crippen molar-refractivity contribution in [3.63, 3.8) is 0 Å². The molecule has 0 aliphatic rings. The molecule has 4 rings (SSSR count). The van der Waals surface area contributed by atoms with Crippen molar-refractivity contribution in [1.82, 2.24) is 24.1 Å². The van der Waals surface area contributed by atoms with Crippen molar-refractivity contribution in [2.24, 2.45) is 0 Å². The Morgan fingerprint density at radius 2 is 2.11 bits per heavy atom. The summed E-state index contributed by atoms with van der Waals surface area (Å²) in [4.78, 5) is 12.7. The highest BCUT2D eigenvalue weighted by Crippen LogP contribution is 2.16. The van der Waals surface area contributed by atoms with Crippen molar-refractivity contribution in [1.29, 1.82) is 0 Å². The molecule has 9 heteroatoms. The van der Waals surface area contributed by atoms with E-state index in [2.05, 4.69) is 10.3 Å². The van der Waals surface area contributed by atoms with Crippen LogP contribution < -0.4 is 5.69 Å². The number of halogens is 1. The minimum Gasteiger partial charge on any atom is -0.493 e. The molecule has 3 aromatic heterocycles. The summed E-state index contributed by atoms with van der Waals surface area (Å²) in [6.07, 6.45) is 6.60.